The predicted octanol–water partition coefficient (Wildman–Crippen LogP) is 0.202. The van der Waals surface area contributed by atoms with Crippen molar-refractivity contribution in [2.24, 2.45) is 19.8 Å². The highest BCUT2D eigenvalue weighted by atomic mass is 15.1. The van der Waals surface area contributed by atoms with Crippen LogP contribution in [0, 0.1) is 0 Å². The van der Waals surface area contributed by atoms with E-state index in [1.54, 1.807) is 25.0 Å². The van der Waals surface area contributed by atoms with Crippen LogP contribution in [-0.2, 0) is 14.1 Å². The molecule has 0 radical (unpaired) electrons. The smallest absolute Gasteiger partial charge is 0.0946 e. The molecular formula is C9H13N5. The highest BCUT2D eigenvalue weighted by Gasteiger charge is 2.14. The maximum Gasteiger partial charge on any atom is 0.0946 e. The zero-order valence-corrected chi connectivity index (χ0v) is 8.25. The number of hydrogen-bond donors (Lipinski definition) is 1. The van der Waals surface area contributed by atoms with Gasteiger partial charge >= 0.3 is 0 Å². The molecule has 2 aromatic rings. The Bertz CT molecular complexity index is 388. The summed E-state index contributed by atoms with van der Waals surface area (Å²) >= 11 is 0. The predicted molar refractivity (Wildman–Crippen MR) is 52.4 cm³/mol. The third-order valence-electron chi connectivity index (χ3n) is 2.35. The van der Waals surface area contributed by atoms with E-state index in [0.29, 0.717) is 0 Å². The van der Waals surface area contributed by atoms with E-state index < -0.39 is 0 Å². The van der Waals surface area contributed by atoms with Gasteiger partial charge in [0.15, 0.2) is 0 Å². The molecule has 2 aromatic heterocycles. The standard InChI is InChI=1S/C9H13N5/c1-13-5-11-3-7(13)9(10)8-4-12-6-14(8)2/h3-6,9H,10H2,1-2H3. The summed E-state index contributed by atoms with van der Waals surface area (Å²) in [6.45, 7) is 0. The van der Waals surface area contributed by atoms with Crippen LogP contribution < -0.4 is 5.73 Å². The molecule has 0 bridgehead atoms. The van der Waals surface area contributed by atoms with Gasteiger partial charge in [-0.25, -0.2) is 9.97 Å². The van der Waals surface area contributed by atoms with Crippen molar-refractivity contribution in [1.29, 1.82) is 0 Å². The van der Waals surface area contributed by atoms with E-state index in [2.05, 4.69) is 9.97 Å². The van der Waals surface area contributed by atoms with Gasteiger partial charge < -0.3 is 14.9 Å². The van der Waals surface area contributed by atoms with Gasteiger partial charge in [0.1, 0.15) is 0 Å². The Kier molecular flexibility index (Phi) is 2.09. The fourth-order valence-corrected chi connectivity index (χ4v) is 1.49. The van der Waals surface area contributed by atoms with E-state index in [1.165, 1.54) is 0 Å². The van der Waals surface area contributed by atoms with Crippen molar-refractivity contribution in [2.75, 3.05) is 0 Å². The number of nitrogens with two attached hydrogens (primary N) is 1. The molecule has 0 aliphatic rings. The van der Waals surface area contributed by atoms with E-state index in [1.807, 2.05) is 23.2 Å². The lowest BCUT2D eigenvalue weighted by atomic mass is 10.2. The number of aromatic nitrogens is 4. The molecule has 5 heteroatoms. The molecule has 5 nitrogen and oxygen atoms in total. The first-order valence-corrected chi connectivity index (χ1v) is 4.38. The van der Waals surface area contributed by atoms with Crippen molar-refractivity contribution >= 4 is 0 Å². The highest BCUT2D eigenvalue weighted by molar-refractivity contribution is 5.18. The molecule has 0 saturated carbocycles. The van der Waals surface area contributed by atoms with Crippen LogP contribution >= 0.6 is 0 Å². The van der Waals surface area contributed by atoms with E-state index in [4.69, 9.17) is 5.73 Å². The van der Waals surface area contributed by atoms with Crippen molar-refractivity contribution in [3.63, 3.8) is 0 Å². The van der Waals surface area contributed by atoms with Crippen molar-refractivity contribution in [2.45, 2.75) is 6.04 Å². The van der Waals surface area contributed by atoms with Crippen molar-refractivity contribution < 1.29 is 0 Å². The van der Waals surface area contributed by atoms with Gasteiger partial charge in [-0.05, 0) is 0 Å². The van der Waals surface area contributed by atoms with E-state index in [0.717, 1.165) is 11.4 Å². The second kappa shape index (κ2) is 3.26. The molecule has 2 heterocycles. The monoisotopic (exact) mass is 191 g/mol. The average Bonchev–Trinajstić information content (AvgIpc) is 2.73. The lowest BCUT2D eigenvalue weighted by molar-refractivity contribution is 0.690. The lowest BCUT2D eigenvalue weighted by Gasteiger charge is -2.12. The summed E-state index contributed by atoms with van der Waals surface area (Å²) in [7, 11) is 3.86. The van der Waals surface area contributed by atoms with Crippen LogP contribution in [0.15, 0.2) is 25.0 Å². The van der Waals surface area contributed by atoms with Crippen LogP contribution in [-0.4, -0.2) is 19.1 Å². The molecular weight excluding hydrogens is 178 g/mol. The molecule has 2 N–H and O–H groups in total. The topological polar surface area (TPSA) is 61.7 Å². The van der Waals surface area contributed by atoms with E-state index in [9.17, 15) is 0 Å². The maximum absolute atomic E-state index is 6.09. The van der Waals surface area contributed by atoms with E-state index in [-0.39, 0.29) is 6.04 Å². The zero-order valence-electron chi connectivity index (χ0n) is 8.25. The van der Waals surface area contributed by atoms with Gasteiger partial charge in [-0.15, -0.1) is 0 Å². The van der Waals surface area contributed by atoms with Gasteiger partial charge in [0.05, 0.1) is 42.5 Å². The zero-order chi connectivity index (χ0) is 10.1. The molecule has 0 amide bonds. The minimum absolute atomic E-state index is 0.171. The quantitative estimate of drug-likeness (QED) is 0.737. The van der Waals surface area contributed by atoms with Gasteiger partial charge in [0, 0.05) is 14.1 Å². The van der Waals surface area contributed by atoms with Crippen LogP contribution in [0.1, 0.15) is 17.4 Å². The molecule has 0 saturated heterocycles. The largest absolute Gasteiger partial charge is 0.336 e. The van der Waals surface area contributed by atoms with Crippen LogP contribution in [0.4, 0.5) is 0 Å². The number of hydrogen-bond acceptors (Lipinski definition) is 3. The maximum atomic E-state index is 6.09. The molecule has 0 spiro atoms. The normalized spacial score (nSPS) is 11.1. The molecule has 14 heavy (non-hydrogen) atoms. The third kappa shape index (κ3) is 1.31. The number of imidazole rings is 2. The van der Waals surface area contributed by atoms with Gasteiger partial charge in [-0.1, -0.05) is 0 Å². The summed E-state index contributed by atoms with van der Waals surface area (Å²) in [5.41, 5.74) is 8.05. The van der Waals surface area contributed by atoms with Gasteiger partial charge in [0.25, 0.3) is 0 Å². The summed E-state index contributed by atoms with van der Waals surface area (Å²) in [6, 6.07) is -0.171. The molecule has 0 atom stereocenters. The second-order valence-electron chi connectivity index (χ2n) is 3.34. The minimum atomic E-state index is -0.171. The molecule has 2 rings (SSSR count). The molecule has 0 fully saturated rings. The Labute approximate surface area is 82.2 Å². The third-order valence-corrected chi connectivity index (χ3v) is 2.35. The molecule has 0 aliphatic heterocycles. The Morgan fingerprint density at radius 1 is 1.07 bits per heavy atom. The van der Waals surface area contributed by atoms with Crippen molar-refractivity contribution in [3.8, 4) is 0 Å². The number of nitrogens with zero attached hydrogens (tertiary/aromatic N) is 4. The SMILES string of the molecule is Cn1cncc1C(N)c1cncn1C. The Balaban J connectivity index is 2.38. The first kappa shape index (κ1) is 8.96. The van der Waals surface area contributed by atoms with Crippen LogP contribution in [0.3, 0.4) is 0 Å². The second-order valence-corrected chi connectivity index (χ2v) is 3.34. The summed E-state index contributed by atoms with van der Waals surface area (Å²) in [5.74, 6) is 0. The number of aryl methyl sites for hydroxylation is 2. The first-order valence-electron chi connectivity index (χ1n) is 4.38. The summed E-state index contributed by atoms with van der Waals surface area (Å²) < 4.78 is 3.83. The molecule has 0 aromatic carbocycles. The molecule has 74 valence electrons. The Morgan fingerprint density at radius 3 is 1.79 bits per heavy atom. The van der Waals surface area contributed by atoms with Crippen molar-refractivity contribution in [3.05, 3.63) is 36.4 Å². The van der Waals surface area contributed by atoms with Gasteiger partial charge in [-0.2, -0.15) is 0 Å². The Hall–Kier alpha value is -1.62. The van der Waals surface area contributed by atoms with E-state index >= 15 is 0 Å². The highest BCUT2D eigenvalue weighted by Crippen LogP contribution is 2.16. The Morgan fingerprint density at radius 2 is 1.50 bits per heavy atom. The fourth-order valence-electron chi connectivity index (χ4n) is 1.49. The van der Waals surface area contributed by atoms with Crippen LogP contribution in [0.5, 0.6) is 0 Å². The molecule has 0 unspecified atom stereocenters. The first-order chi connectivity index (χ1) is 6.70. The number of rotatable bonds is 2. The summed E-state index contributed by atoms with van der Waals surface area (Å²) in [5, 5.41) is 0. The fraction of sp³-hybridized carbons (Fsp3) is 0.333. The van der Waals surface area contributed by atoms with Gasteiger partial charge in [-0.3, -0.25) is 0 Å². The minimum Gasteiger partial charge on any atom is -0.336 e. The average molecular weight is 191 g/mol. The summed E-state index contributed by atoms with van der Waals surface area (Å²) in [6.07, 6.45) is 7.03. The van der Waals surface area contributed by atoms with Gasteiger partial charge in [0.2, 0.25) is 0 Å². The van der Waals surface area contributed by atoms with Crippen LogP contribution in [0.25, 0.3) is 0 Å². The molecule has 0 aliphatic carbocycles. The lowest BCUT2D eigenvalue weighted by Crippen LogP contribution is -2.17. The van der Waals surface area contributed by atoms with Crippen LogP contribution in [0.2, 0.25) is 0 Å². The van der Waals surface area contributed by atoms with Crippen molar-refractivity contribution in [1.82, 2.24) is 19.1 Å². The summed E-state index contributed by atoms with van der Waals surface area (Å²) in [4.78, 5) is 8.07.